The van der Waals surface area contributed by atoms with Crippen molar-refractivity contribution in [2.75, 3.05) is 9.80 Å². The van der Waals surface area contributed by atoms with Gasteiger partial charge in [-0.2, -0.15) is 6.07 Å². The van der Waals surface area contributed by atoms with Crippen LogP contribution in [0.5, 0.6) is 11.5 Å². The summed E-state index contributed by atoms with van der Waals surface area (Å²) in [5.41, 5.74) is 7.30. The molecule has 0 unspecified atom stereocenters. The second kappa shape index (κ2) is 15.3. The number of nitrogens with zero attached hydrogens (tertiary/aromatic N) is 7. The molecule has 306 valence electrons. The molecule has 60 heavy (non-hydrogen) atoms. The standard InChI is InChI=1S/C51H48N7O.Pt/c1-49(2,3)33-24-26-34(27-25-33)56-32-57(42-22-13-12-21-41(42)56)35-17-16-18-36(29-35)59-44-31-43-38(37-19-10-11-20-40(37)58(43)45-23-14-15-28-52-45)30-39(44)46-53-47(50(4,5)6)55-48(54-46)51(7,8)9;/h10-28,30,32H,1-9H3;/q-3;. The Bertz CT molecular complexity index is 2820. The van der Waals surface area contributed by atoms with Gasteiger partial charge in [-0.3, -0.25) is 0 Å². The zero-order chi connectivity index (χ0) is 41.3. The topological polar surface area (TPSA) is 72.2 Å². The minimum atomic E-state index is -0.325. The quantitative estimate of drug-likeness (QED) is 0.154. The fourth-order valence-electron chi connectivity index (χ4n) is 7.43. The molecule has 5 aromatic carbocycles. The van der Waals surface area contributed by atoms with E-state index in [1.165, 1.54) is 5.56 Å². The second-order valence-corrected chi connectivity index (χ2v) is 18.3. The third-order valence-electron chi connectivity index (χ3n) is 10.6. The SMILES string of the molecule is CC(C)(C)c1ccc(N2[CH-]N(c3[c-]c(Oc4[c-]c5c(cc4-c4nc(C(C)(C)C)nc(C(C)(C)C)n4)c4ccccc4n5-c4ccccn4)ccc3)c3ccccc32)cc1.[Pt]. The molecule has 1 aliphatic heterocycles. The Balaban J connectivity index is 0.00000499. The first-order valence-corrected chi connectivity index (χ1v) is 20.1. The summed E-state index contributed by atoms with van der Waals surface area (Å²) in [6.45, 7) is 21.6. The van der Waals surface area contributed by atoms with E-state index in [2.05, 4.69) is 174 Å². The van der Waals surface area contributed by atoms with Crippen LogP contribution >= 0.6 is 0 Å². The number of hydrogen-bond acceptors (Lipinski definition) is 7. The third-order valence-corrected chi connectivity index (χ3v) is 10.6. The van der Waals surface area contributed by atoms with E-state index in [4.69, 9.17) is 24.7 Å². The summed E-state index contributed by atoms with van der Waals surface area (Å²) in [7, 11) is 0. The average Bonchev–Trinajstić information content (AvgIpc) is 3.76. The van der Waals surface area contributed by atoms with Gasteiger partial charge < -0.3 is 19.1 Å². The number of fused-ring (bicyclic) bond motifs is 4. The fraction of sp³-hybridized carbons (Fsp3) is 0.235. The molecule has 4 heterocycles. The van der Waals surface area contributed by atoms with E-state index >= 15 is 0 Å². The summed E-state index contributed by atoms with van der Waals surface area (Å²) in [5.74, 6) is 3.74. The first-order chi connectivity index (χ1) is 28.1. The monoisotopic (exact) mass is 969 g/mol. The second-order valence-electron chi connectivity index (χ2n) is 18.3. The molecule has 3 aromatic heterocycles. The molecular weight excluding hydrogens is 922 g/mol. The zero-order valence-corrected chi connectivity index (χ0v) is 37.8. The molecule has 0 radical (unpaired) electrons. The molecule has 1 aliphatic rings. The van der Waals surface area contributed by atoms with Crippen LogP contribution in [0.25, 0.3) is 39.0 Å². The summed E-state index contributed by atoms with van der Waals surface area (Å²) < 4.78 is 9.09. The molecule has 0 saturated heterocycles. The van der Waals surface area contributed by atoms with Crippen LogP contribution in [0, 0.1) is 18.8 Å². The van der Waals surface area contributed by atoms with E-state index in [0.717, 1.165) is 50.4 Å². The van der Waals surface area contributed by atoms with Crippen molar-refractivity contribution in [2.45, 2.75) is 78.6 Å². The third kappa shape index (κ3) is 7.58. The zero-order valence-electron chi connectivity index (χ0n) is 35.5. The van der Waals surface area contributed by atoms with Crippen LogP contribution in [-0.4, -0.2) is 24.5 Å². The van der Waals surface area contributed by atoms with Gasteiger partial charge in [-0.1, -0.05) is 116 Å². The maximum Gasteiger partial charge on any atom is 0.137 e. The average molecular weight is 970 g/mol. The van der Waals surface area contributed by atoms with Gasteiger partial charge in [0.05, 0.1) is 0 Å². The molecule has 0 spiro atoms. The van der Waals surface area contributed by atoms with Gasteiger partial charge in [0.2, 0.25) is 0 Å². The number of ether oxygens (including phenoxy) is 1. The van der Waals surface area contributed by atoms with Crippen LogP contribution in [0.3, 0.4) is 0 Å². The predicted octanol–water partition coefficient (Wildman–Crippen LogP) is 12.7. The molecule has 0 amide bonds. The number of benzene rings is 5. The van der Waals surface area contributed by atoms with Crippen molar-refractivity contribution >= 4 is 44.6 Å². The maximum absolute atomic E-state index is 6.96. The summed E-state index contributed by atoms with van der Waals surface area (Å²) in [4.78, 5) is 24.4. The van der Waals surface area contributed by atoms with Crippen LogP contribution < -0.4 is 14.5 Å². The van der Waals surface area contributed by atoms with Crippen LogP contribution in [0.1, 0.15) is 79.5 Å². The number of anilines is 4. The number of rotatable bonds is 6. The molecule has 0 bridgehead atoms. The van der Waals surface area contributed by atoms with Crippen molar-refractivity contribution in [3.8, 4) is 28.7 Å². The summed E-state index contributed by atoms with van der Waals surface area (Å²) in [6, 6.07) is 46.9. The first kappa shape index (κ1) is 40.9. The Morgan fingerprint density at radius 2 is 1.25 bits per heavy atom. The summed E-state index contributed by atoms with van der Waals surface area (Å²) in [5, 5.41) is 2.05. The molecule has 0 aliphatic carbocycles. The Labute approximate surface area is 367 Å². The molecule has 9 heteroatoms. The van der Waals surface area contributed by atoms with Crippen molar-refractivity contribution in [3.05, 3.63) is 157 Å². The summed E-state index contributed by atoms with van der Waals surface area (Å²) >= 11 is 0. The van der Waals surface area contributed by atoms with E-state index < -0.39 is 0 Å². The molecule has 9 rings (SSSR count). The van der Waals surface area contributed by atoms with Crippen LogP contribution in [-0.2, 0) is 37.3 Å². The van der Waals surface area contributed by atoms with Gasteiger partial charge in [-0.25, -0.2) is 19.9 Å². The predicted molar refractivity (Wildman–Crippen MR) is 239 cm³/mol. The van der Waals surface area contributed by atoms with Gasteiger partial charge in [-0.05, 0) is 64.4 Å². The van der Waals surface area contributed by atoms with Crippen molar-refractivity contribution in [1.82, 2.24) is 24.5 Å². The molecule has 8 nitrogen and oxygen atoms in total. The van der Waals surface area contributed by atoms with E-state index in [1.807, 2.05) is 42.6 Å². The molecule has 0 atom stereocenters. The van der Waals surface area contributed by atoms with Gasteiger partial charge in [-0.15, -0.1) is 48.1 Å². The summed E-state index contributed by atoms with van der Waals surface area (Å²) in [6.07, 6.45) is 1.81. The Morgan fingerprint density at radius 3 is 1.90 bits per heavy atom. The number of pyridine rings is 1. The number of para-hydroxylation sites is 3. The Hall–Kier alpha value is -5.85. The largest absolute Gasteiger partial charge is 0.508 e. The van der Waals surface area contributed by atoms with Gasteiger partial charge in [0.15, 0.2) is 0 Å². The molecular formula is C51H48N7OPt-3. The smallest absolute Gasteiger partial charge is 0.137 e. The molecule has 0 saturated carbocycles. The molecule has 0 fully saturated rings. The minimum absolute atomic E-state index is 0. The normalized spacial score (nSPS) is 13.2. The van der Waals surface area contributed by atoms with Gasteiger partial charge >= 0.3 is 0 Å². The Kier molecular flexibility index (Phi) is 10.4. The van der Waals surface area contributed by atoms with E-state index in [0.29, 0.717) is 34.5 Å². The van der Waals surface area contributed by atoms with Gasteiger partial charge in [0.25, 0.3) is 0 Å². The van der Waals surface area contributed by atoms with Crippen LogP contribution in [0.2, 0.25) is 0 Å². The fourth-order valence-corrected chi connectivity index (χ4v) is 7.43. The van der Waals surface area contributed by atoms with E-state index in [9.17, 15) is 0 Å². The van der Waals surface area contributed by atoms with Gasteiger partial charge in [0, 0.05) is 72.2 Å². The van der Waals surface area contributed by atoms with Crippen molar-refractivity contribution < 1.29 is 25.8 Å². The Morgan fingerprint density at radius 1 is 0.600 bits per heavy atom. The maximum atomic E-state index is 6.96. The first-order valence-electron chi connectivity index (χ1n) is 20.1. The van der Waals surface area contributed by atoms with E-state index in [-0.39, 0.29) is 37.3 Å². The number of aromatic nitrogens is 5. The van der Waals surface area contributed by atoms with Crippen molar-refractivity contribution in [1.29, 1.82) is 0 Å². The minimum Gasteiger partial charge on any atom is -0.508 e. The number of hydrogen-bond donors (Lipinski definition) is 0. The van der Waals surface area contributed by atoms with Crippen LogP contribution in [0.4, 0.5) is 22.7 Å². The van der Waals surface area contributed by atoms with Crippen molar-refractivity contribution in [3.63, 3.8) is 0 Å². The molecule has 8 aromatic rings. The van der Waals surface area contributed by atoms with Crippen LogP contribution in [0.15, 0.2) is 121 Å². The van der Waals surface area contributed by atoms with Gasteiger partial charge in [0.1, 0.15) is 23.3 Å². The van der Waals surface area contributed by atoms with Crippen molar-refractivity contribution in [2.24, 2.45) is 0 Å². The van der Waals surface area contributed by atoms with E-state index in [1.54, 1.807) is 0 Å². The molecule has 0 N–H and O–H groups in total.